The fraction of sp³-hybridized carbons (Fsp3) is 0.727. The smallest absolute Gasteiger partial charge is 0.313 e. The topological polar surface area (TPSA) is 87.4 Å². The van der Waals surface area contributed by atoms with Gasteiger partial charge < -0.3 is 9.84 Å². The molecule has 0 aliphatic rings. The molecule has 5 nitrogen and oxygen atoms in total. The van der Waals surface area contributed by atoms with Crippen molar-refractivity contribution in [3.63, 3.8) is 0 Å². The van der Waals surface area contributed by atoms with Crippen LogP contribution in [0.4, 0.5) is 0 Å². The summed E-state index contributed by atoms with van der Waals surface area (Å²) in [6.07, 6.45) is -1.66. The molecular weight excluding hydrogens is 210 g/mol. The molecule has 0 saturated heterocycles. The van der Waals surface area contributed by atoms with E-state index in [9.17, 15) is 9.59 Å². The third-order valence-electron chi connectivity index (χ3n) is 1.55. The first kappa shape index (κ1) is 14.6. The second-order valence-electron chi connectivity index (χ2n) is 4.52. The maximum atomic E-state index is 11.3. The molecule has 0 heterocycles. The number of esters is 1. The van der Waals surface area contributed by atoms with Crippen molar-refractivity contribution in [1.29, 1.82) is 5.26 Å². The van der Waals surface area contributed by atoms with E-state index in [2.05, 4.69) is 0 Å². The van der Waals surface area contributed by atoms with E-state index in [1.807, 2.05) is 0 Å². The second-order valence-corrected chi connectivity index (χ2v) is 4.52. The molecule has 0 radical (unpaired) electrons. The van der Waals surface area contributed by atoms with Gasteiger partial charge in [0.15, 0.2) is 0 Å². The molecule has 0 saturated carbocycles. The minimum atomic E-state index is -1.00. The molecule has 16 heavy (non-hydrogen) atoms. The summed E-state index contributed by atoms with van der Waals surface area (Å²) in [5, 5.41) is 17.4. The summed E-state index contributed by atoms with van der Waals surface area (Å²) in [5.41, 5.74) is -0.622. The Labute approximate surface area is 95.0 Å². The molecule has 0 fully saturated rings. The molecule has 1 N–H and O–H groups in total. The zero-order valence-corrected chi connectivity index (χ0v) is 9.82. The first-order valence-electron chi connectivity index (χ1n) is 5.03. The van der Waals surface area contributed by atoms with Gasteiger partial charge in [-0.1, -0.05) is 0 Å². The highest BCUT2D eigenvalue weighted by atomic mass is 16.6. The zero-order valence-electron chi connectivity index (χ0n) is 9.82. The van der Waals surface area contributed by atoms with Gasteiger partial charge in [-0.05, 0) is 20.8 Å². The number of nitriles is 1. The van der Waals surface area contributed by atoms with Crippen molar-refractivity contribution in [2.45, 2.75) is 51.7 Å². The van der Waals surface area contributed by atoms with Crippen LogP contribution in [0.5, 0.6) is 0 Å². The third kappa shape index (κ3) is 7.94. The van der Waals surface area contributed by atoms with Crippen molar-refractivity contribution in [3.05, 3.63) is 0 Å². The summed E-state index contributed by atoms with van der Waals surface area (Å²) in [5.74, 6) is -1.03. The number of hydrogen-bond acceptors (Lipinski definition) is 5. The van der Waals surface area contributed by atoms with E-state index in [1.54, 1.807) is 26.8 Å². The Hall–Kier alpha value is -1.41. The fourth-order valence-electron chi connectivity index (χ4n) is 1.05. The minimum absolute atomic E-state index is 0.111. The molecule has 1 unspecified atom stereocenters. The summed E-state index contributed by atoms with van der Waals surface area (Å²) in [4.78, 5) is 22.5. The predicted octanol–water partition coefficient (Wildman–Crippen LogP) is 0.952. The number of carbonyl (C=O) groups excluding carboxylic acids is 2. The lowest BCUT2D eigenvalue weighted by atomic mass is 10.1. The summed E-state index contributed by atoms with van der Waals surface area (Å²) in [6, 6.07) is 1.75. The van der Waals surface area contributed by atoms with Gasteiger partial charge in [0.05, 0.1) is 18.6 Å². The Morgan fingerprint density at radius 1 is 1.44 bits per heavy atom. The fourth-order valence-corrected chi connectivity index (χ4v) is 1.05. The number of nitrogens with zero attached hydrogens (tertiary/aromatic N) is 1. The number of Topliss-reactive ketones (excluding diaryl/α,β-unsaturated/α-hetero) is 1. The van der Waals surface area contributed by atoms with Gasteiger partial charge in [0.25, 0.3) is 0 Å². The van der Waals surface area contributed by atoms with Crippen molar-refractivity contribution >= 4 is 11.8 Å². The van der Waals surface area contributed by atoms with Gasteiger partial charge in [-0.3, -0.25) is 9.59 Å². The highest BCUT2D eigenvalue weighted by Gasteiger charge is 2.20. The van der Waals surface area contributed by atoms with Crippen LogP contribution in [-0.2, 0) is 14.3 Å². The Morgan fingerprint density at radius 3 is 2.44 bits per heavy atom. The molecule has 0 aliphatic carbocycles. The van der Waals surface area contributed by atoms with E-state index >= 15 is 0 Å². The van der Waals surface area contributed by atoms with E-state index in [-0.39, 0.29) is 19.3 Å². The lowest BCUT2D eigenvalue weighted by molar-refractivity contribution is -0.156. The Bertz CT molecular complexity index is 298. The van der Waals surface area contributed by atoms with E-state index in [1.165, 1.54) is 0 Å². The molecule has 0 aromatic heterocycles. The molecular formula is C11H17NO4. The van der Waals surface area contributed by atoms with E-state index < -0.39 is 23.5 Å². The molecule has 0 rings (SSSR count). The van der Waals surface area contributed by atoms with Crippen LogP contribution in [0.1, 0.15) is 40.0 Å². The van der Waals surface area contributed by atoms with Gasteiger partial charge in [0, 0.05) is 6.42 Å². The van der Waals surface area contributed by atoms with Gasteiger partial charge in [0.2, 0.25) is 0 Å². The van der Waals surface area contributed by atoms with Gasteiger partial charge in [-0.15, -0.1) is 0 Å². The third-order valence-corrected chi connectivity index (χ3v) is 1.55. The van der Waals surface area contributed by atoms with Gasteiger partial charge in [-0.25, -0.2) is 0 Å². The van der Waals surface area contributed by atoms with Crippen LogP contribution in [0.25, 0.3) is 0 Å². The summed E-state index contributed by atoms with van der Waals surface area (Å²) >= 11 is 0. The van der Waals surface area contributed by atoms with Crippen LogP contribution >= 0.6 is 0 Å². The number of hydrogen-bond donors (Lipinski definition) is 1. The normalized spacial score (nSPS) is 12.7. The molecule has 5 heteroatoms. The van der Waals surface area contributed by atoms with E-state index in [0.717, 1.165) is 0 Å². The molecule has 0 bridgehead atoms. The van der Waals surface area contributed by atoms with Crippen molar-refractivity contribution < 1.29 is 19.4 Å². The standard InChI is InChI=1S/C11H17NO4/c1-11(2,3)16-10(15)7-9(14)6-8(13)4-5-12/h8,13H,4,6-7H2,1-3H3. The molecule has 0 amide bonds. The quantitative estimate of drug-likeness (QED) is 0.558. The zero-order chi connectivity index (χ0) is 12.8. The van der Waals surface area contributed by atoms with Crippen LogP contribution in [0.15, 0.2) is 0 Å². The molecule has 0 aliphatic heterocycles. The average Bonchev–Trinajstić information content (AvgIpc) is 1.98. The van der Waals surface area contributed by atoms with Gasteiger partial charge >= 0.3 is 5.97 Å². The van der Waals surface area contributed by atoms with Gasteiger partial charge in [-0.2, -0.15) is 5.26 Å². The van der Waals surface area contributed by atoms with Crippen LogP contribution in [-0.4, -0.2) is 28.6 Å². The second kappa shape index (κ2) is 6.23. The molecule has 1 atom stereocenters. The lowest BCUT2D eigenvalue weighted by Gasteiger charge is -2.19. The maximum absolute atomic E-state index is 11.3. The molecule has 0 aromatic carbocycles. The summed E-state index contributed by atoms with van der Waals surface area (Å²) < 4.78 is 4.94. The molecule has 90 valence electrons. The van der Waals surface area contributed by atoms with Crippen molar-refractivity contribution in [1.82, 2.24) is 0 Å². The van der Waals surface area contributed by atoms with Crippen molar-refractivity contribution in [2.24, 2.45) is 0 Å². The molecule has 0 spiro atoms. The Balaban J connectivity index is 3.98. The average molecular weight is 227 g/mol. The summed E-state index contributed by atoms with van der Waals surface area (Å²) in [6.45, 7) is 5.12. The minimum Gasteiger partial charge on any atom is -0.460 e. The number of aliphatic hydroxyl groups is 1. The number of carbonyl (C=O) groups is 2. The largest absolute Gasteiger partial charge is 0.460 e. The molecule has 0 aromatic rings. The highest BCUT2D eigenvalue weighted by molar-refractivity contribution is 5.95. The highest BCUT2D eigenvalue weighted by Crippen LogP contribution is 2.09. The SMILES string of the molecule is CC(C)(C)OC(=O)CC(=O)CC(O)CC#N. The predicted molar refractivity (Wildman–Crippen MR) is 56.3 cm³/mol. The van der Waals surface area contributed by atoms with Crippen LogP contribution in [0.2, 0.25) is 0 Å². The van der Waals surface area contributed by atoms with Crippen molar-refractivity contribution in [2.75, 3.05) is 0 Å². The summed E-state index contributed by atoms with van der Waals surface area (Å²) in [7, 11) is 0. The monoisotopic (exact) mass is 227 g/mol. The maximum Gasteiger partial charge on any atom is 0.313 e. The first-order chi connectivity index (χ1) is 7.24. The Morgan fingerprint density at radius 2 is 2.00 bits per heavy atom. The number of aliphatic hydroxyl groups excluding tert-OH is 1. The van der Waals surface area contributed by atoms with E-state index in [0.29, 0.717) is 0 Å². The number of ketones is 1. The number of rotatable bonds is 5. The van der Waals surface area contributed by atoms with Crippen molar-refractivity contribution in [3.8, 4) is 6.07 Å². The van der Waals surface area contributed by atoms with E-state index in [4.69, 9.17) is 15.1 Å². The van der Waals surface area contributed by atoms with Gasteiger partial charge in [0.1, 0.15) is 17.8 Å². The lowest BCUT2D eigenvalue weighted by Crippen LogP contribution is -2.26. The van der Waals surface area contributed by atoms with Crippen LogP contribution in [0, 0.1) is 11.3 Å². The number of ether oxygens (including phenoxy) is 1. The van der Waals surface area contributed by atoms with Crippen LogP contribution < -0.4 is 0 Å². The first-order valence-corrected chi connectivity index (χ1v) is 5.03. The van der Waals surface area contributed by atoms with Crippen LogP contribution in [0.3, 0.4) is 0 Å². The Kier molecular flexibility index (Phi) is 5.68.